The Balaban J connectivity index is 1.34. The molecule has 3 aromatic heterocycles. The van der Waals surface area contributed by atoms with Crippen molar-refractivity contribution in [1.29, 1.82) is 0 Å². The van der Waals surface area contributed by atoms with Gasteiger partial charge in [0, 0.05) is 23.4 Å². The van der Waals surface area contributed by atoms with Crippen molar-refractivity contribution in [3.05, 3.63) is 83.4 Å². The molecule has 5 aromatic rings. The molecule has 6 nitrogen and oxygen atoms in total. The maximum absolute atomic E-state index is 12.3. The summed E-state index contributed by atoms with van der Waals surface area (Å²) in [5.74, 6) is 3.69. The Morgan fingerprint density at radius 1 is 0.970 bits per heavy atom. The zero-order valence-corrected chi connectivity index (χ0v) is 18.7. The van der Waals surface area contributed by atoms with Crippen LogP contribution in [0, 0.1) is 13.8 Å². The van der Waals surface area contributed by atoms with Gasteiger partial charge in [0.15, 0.2) is 17.3 Å². The van der Waals surface area contributed by atoms with E-state index in [0.29, 0.717) is 47.3 Å². The lowest BCUT2D eigenvalue weighted by Crippen LogP contribution is -2.02. The number of oxazole rings is 1. The van der Waals surface area contributed by atoms with E-state index in [0.717, 1.165) is 28.2 Å². The van der Waals surface area contributed by atoms with Crippen molar-refractivity contribution >= 4 is 16.8 Å². The molecule has 166 valence electrons. The molecular weight excluding hydrogens is 418 g/mol. The second kappa shape index (κ2) is 8.47. The number of nitrogens with zero attached hydrogens (tertiary/aromatic N) is 1. The highest BCUT2D eigenvalue weighted by Gasteiger charge is 2.22. The molecule has 0 amide bonds. The first-order valence-electron chi connectivity index (χ1n) is 10.8. The second-order valence-corrected chi connectivity index (χ2v) is 7.92. The number of fused-ring (bicyclic) bond motifs is 1. The van der Waals surface area contributed by atoms with Crippen LogP contribution in [0.1, 0.15) is 34.5 Å². The van der Waals surface area contributed by atoms with Crippen LogP contribution >= 0.6 is 0 Å². The van der Waals surface area contributed by atoms with Gasteiger partial charge in [-0.25, -0.2) is 4.98 Å². The molecule has 5 rings (SSSR count). The highest BCUT2D eigenvalue weighted by Crippen LogP contribution is 2.36. The molecule has 2 aromatic carbocycles. The van der Waals surface area contributed by atoms with Crippen LogP contribution in [0.25, 0.3) is 33.9 Å². The van der Waals surface area contributed by atoms with E-state index in [4.69, 9.17) is 18.0 Å². The summed E-state index contributed by atoms with van der Waals surface area (Å²) in [6, 6.07) is 18.9. The van der Waals surface area contributed by atoms with E-state index in [9.17, 15) is 4.79 Å². The number of hydrogen-bond donors (Lipinski definition) is 0. The van der Waals surface area contributed by atoms with Crippen molar-refractivity contribution < 1.29 is 22.8 Å². The van der Waals surface area contributed by atoms with Crippen molar-refractivity contribution in [3.8, 4) is 28.7 Å². The van der Waals surface area contributed by atoms with Gasteiger partial charge in [0.2, 0.25) is 5.89 Å². The lowest BCUT2D eigenvalue weighted by Gasteiger charge is -2.05. The lowest BCUT2D eigenvalue weighted by molar-refractivity contribution is 0.101. The van der Waals surface area contributed by atoms with E-state index < -0.39 is 0 Å². The smallest absolute Gasteiger partial charge is 0.226 e. The largest absolute Gasteiger partial charge is 0.493 e. The topological polar surface area (TPSA) is 78.6 Å². The summed E-state index contributed by atoms with van der Waals surface area (Å²) >= 11 is 0. The average molecular weight is 441 g/mol. The summed E-state index contributed by atoms with van der Waals surface area (Å²) in [5, 5.41) is 0.735. The number of aryl methyl sites for hydroxylation is 2. The molecule has 0 unspecified atom stereocenters. The molecule has 0 atom stereocenters. The number of rotatable bonds is 7. The minimum atomic E-state index is -0.0813. The van der Waals surface area contributed by atoms with Gasteiger partial charge in [-0.3, -0.25) is 4.79 Å². The van der Waals surface area contributed by atoms with E-state index in [1.54, 1.807) is 12.1 Å². The maximum atomic E-state index is 12.3. The van der Waals surface area contributed by atoms with Crippen molar-refractivity contribution in [2.24, 2.45) is 0 Å². The number of ketones is 1. The van der Waals surface area contributed by atoms with Gasteiger partial charge in [-0.15, -0.1) is 0 Å². The molecule has 0 aliphatic carbocycles. The van der Waals surface area contributed by atoms with Crippen LogP contribution in [-0.4, -0.2) is 17.4 Å². The quantitative estimate of drug-likeness (QED) is 0.259. The molecule has 0 saturated carbocycles. The van der Waals surface area contributed by atoms with E-state index in [1.165, 1.54) is 6.92 Å². The van der Waals surface area contributed by atoms with Gasteiger partial charge in [-0.2, -0.15) is 0 Å². The summed E-state index contributed by atoms with van der Waals surface area (Å²) in [5.41, 5.74) is 2.89. The van der Waals surface area contributed by atoms with Crippen LogP contribution < -0.4 is 4.74 Å². The predicted octanol–water partition coefficient (Wildman–Crippen LogP) is 6.79. The Morgan fingerprint density at radius 2 is 1.79 bits per heavy atom. The molecule has 0 bridgehead atoms. The molecule has 0 fully saturated rings. The number of furan rings is 2. The lowest BCUT2D eigenvalue weighted by atomic mass is 10.1. The third-order valence-electron chi connectivity index (χ3n) is 5.50. The normalized spacial score (nSPS) is 11.2. The molecule has 0 spiro atoms. The van der Waals surface area contributed by atoms with Gasteiger partial charge in [0.05, 0.1) is 17.9 Å². The number of aromatic nitrogens is 1. The summed E-state index contributed by atoms with van der Waals surface area (Å²) in [7, 11) is 0. The van der Waals surface area contributed by atoms with Gasteiger partial charge in [0.25, 0.3) is 0 Å². The third kappa shape index (κ3) is 4.07. The fraction of sp³-hybridized carbons (Fsp3) is 0.185. The number of carbonyl (C=O) groups excluding carboxylic acids is 1. The molecular formula is C27H23NO5. The molecule has 0 aliphatic rings. The fourth-order valence-corrected chi connectivity index (χ4v) is 3.88. The van der Waals surface area contributed by atoms with Crippen LogP contribution in [0.15, 0.2) is 73.9 Å². The number of ether oxygens (including phenoxy) is 1. The van der Waals surface area contributed by atoms with Crippen LogP contribution in [0.5, 0.6) is 5.75 Å². The highest BCUT2D eigenvalue weighted by molar-refractivity contribution is 6.11. The Hall–Kier alpha value is -4.06. The first-order chi connectivity index (χ1) is 16.0. The summed E-state index contributed by atoms with van der Waals surface area (Å²) < 4.78 is 23.5. The number of carbonyl (C=O) groups is 1. The SMILES string of the molecule is CC(=O)c1c(-c2ccc(C)o2)oc2cc(OCCc3nc(-c4ccccc4)oc3C)ccc12. The van der Waals surface area contributed by atoms with E-state index in [2.05, 4.69) is 4.98 Å². The van der Waals surface area contributed by atoms with E-state index in [-0.39, 0.29) is 5.78 Å². The molecule has 0 radical (unpaired) electrons. The fourth-order valence-electron chi connectivity index (χ4n) is 3.88. The standard InChI is InChI=1S/C27H23NO5/c1-16-9-12-23(31-16)26-25(17(2)29)21-11-10-20(15-24(21)33-26)30-14-13-22-18(3)32-27(28-22)19-7-5-4-6-8-19/h4-12,15H,13-14H2,1-3H3. The minimum absolute atomic E-state index is 0.0813. The molecule has 0 saturated heterocycles. The second-order valence-electron chi connectivity index (χ2n) is 7.92. The summed E-state index contributed by atoms with van der Waals surface area (Å²) in [6.45, 7) is 5.71. The average Bonchev–Trinajstić information content (AvgIpc) is 3.51. The van der Waals surface area contributed by atoms with Crippen molar-refractivity contribution in [3.63, 3.8) is 0 Å². The zero-order valence-electron chi connectivity index (χ0n) is 18.7. The number of benzene rings is 2. The predicted molar refractivity (Wildman–Crippen MR) is 125 cm³/mol. The van der Waals surface area contributed by atoms with Crippen molar-refractivity contribution in [2.75, 3.05) is 6.61 Å². The van der Waals surface area contributed by atoms with Crippen molar-refractivity contribution in [2.45, 2.75) is 27.2 Å². The minimum Gasteiger partial charge on any atom is -0.493 e. The third-order valence-corrected chi connectivity index (χ3v) is 5.50. The van der Waals surface area contributed by atoms with Crippen LogP contribution in [0.2, 0.25) is 0 Å². The van der Waals surface area contributed by atoms with Gasteiger partial charge in [-0.1, -0.05) is 18.2 Å². The molecule has 0 N–H and O–H groups in total. The zero-order chi connectivity index (χ0) is 22.9. The van der Waals surface area contributed by atoms with E-state index >= 15 is 0 Å². The van der Waals surface area contributed by atoms with Gasteiger partial charge in [0.1, 0.15) is 22.9 Å². The van der Waals surface area contributed by atoms with Crippen molar-refractivity contribution in [1.82, 2.24) is 4.98 Å². The van der Waals surface area contributed by atoms with Crippen LogP contribution in [0.3, 0.4) is 0 Å². The molecule has 33 heavy (non-hydrogen) atoms. The highest BCUT2D eigenvalue weighted by atomic mass is 16.5. The Kier molecular flexibility index (Phi) is 5.34. The van der Waals surface area contributed by atoms with Gasteiger partial charge < -0.3 is 18.0 Å². The Labute approximate surface area is 190 Å². The summed E-state index contributed by atoms with van der Waals surface area (Å²) in [4.78, 5) is 16.9. The van der Waals surface area contributed by atoms with Gasteiger partial charge >= 0.3 is 0 Å². The van der Waals surface area contributed by atoms with Crippen LogP contribution in [0.4, 0.5) is 0 Å². The first kappa shape index (κ1) is 20.8. The molecule has 6 heteroatoms. The first-order valence-corrected chi connectivity index (χ1v) is 10.8. The molecule has 3 heterocycles. The Bertz CT molecular complexity index is 1440. The summed E-state index contributed by atoms with van der Waals surface area (Å²) in [6.07, 6.45) is 0.605. The number of Topliss-reactive ketones (excluding diaryl/α,β-unsaturated/α-hetero) is 1. The van der Waals surface area contributed by atoms with Crippen LogP contribution in [-0.2, 0) is 6.42 Å². The maximum Gasteiger partial charge on any atom is 0.226 e. The van der Waals surface area contributed by atoms with E-state index in [1.807, 2.05) is 62.4 Å². The number of hydrogen-bond acceptors (Lipinski definition) is 6. The molecule has 0 aliphatic heterocycles. The monoisotopic (exact) mass is 441 g/mol. The van der Waals surface area contributed by atoms with Gasteiger partial charge in [-0.05, 0) is 57.2 Å². The Morgan fingerprint density at radius 3 is 2.52 bits per heavy atom.